The van der Waals surface area contributed by atoms with E-state index in [1.54, 1.807) is 6.07 Å². The molecule has 4 rings (SSSR count). The van der Waals surface area contributed by atoms with Crippen LogP contribution in [0.25, 0.3) is 22.3 Å². The molecule has 0 radical (unpaired) electrons. The molecule has 0 heterocycles. The van der Waals surface area contributed by atoms with Crippen molar-refractivity contribution in [2.24, 2.45) is 5.92 Å². The summed E-state index contributed by atoms with van der Waals surface area (Å²) in [5, 5.41) is 0. The first-order valence-corrected chi connectivity index (χ1v) is 11.5. The Bertz CT molecular complexity index is 1090. The fourth-order valence-corrected chi connectivity index (χ4v) is 4.90. The molecular weight excluding hydrogens is 424 g/mol. The van der Waals surface area contributed by atoms with Gasteiger partial charge in [-0.05, 0) is 90.8 Å². The fourth-order valence-electron chi connectivity index (χ4n) is 4.90. The molecule has 1 aliphatic carbocycles. The highest BCUT2D eigenvalue weighted by Crippen LogP contribution is 2.38. The van der Waals surface area contributed by atoms with Crippen LogP contribution in [-0.2, 0) is 6.67 Å². The number of halogens is 4. The lowest BCUT2D eigenvalue weighted by atomic mass is 9.77. The van der Waals surface area contributed by atoms with Crippen molar-refractivity contribution in [1.29, 1.82) is 0 Å². The van der Waals surface area contributed by atoms with Gasteiger partial charge in [-0.3, -0.25) is 0 Å². The van der Waals surface area contributed by atoms with E-state index < -0.39 is 29.7 Å². The first-order valence-electron chi connectivity index (χ1n) is 11.5. The zero-order valence-corrected chi connectivity index (χ0v) is 18.6. The zero-order valence-electron chi connectivity index (χ0n) is 18.6. The van der Waals surface area contributed by atoms with Gasteiger partial charge in [0.1, 0.15) is 24.1 Å². The molecule has 3 aromatic carbocycles. The molecule has 4 heteroatoms. The third kappa shape index (κ3) is 5.21. The summed E-state index contributed by atoms with van der Waals surface area (Å²) in [6.07, 6.45) is 9.21. The summed E-state index contributed by atoms with van der Waals surface area (Å²) in [7, 11) is 0. The third-order valence-corrected chi connectivity index (χ3v) is 6.90. The summed E-state index contributed by atoms with van der Waals surface area (Å²) >= 11 is 0. The van der Waals surface area contributed by atoms with Gasteiger partial charge in [-0.15, -0.1) is 6.58 Å². The van der Waals surface area contributed by atoms with Crippen LogP contribution in [0.5, 0.6) is 0 Å². The highest BCUT2D eigenvalue weighted by Gasteiger charge is 2.22. The van der Waals surface area contributed by atoms with Crippen LogP contribution in [0.3, 0.4) is 0 Å². The smallest absolute Gasteiger partial charge is 0.132 e. The predicted octanol–water partition coefficient (Wildman–Crippen LogP) is 9.15. The molecule has 0 aliphatic heterocycles. The molecule has 0 unspecified atom stereocenters. The third-order valence-electron chi connectivity index (χ3n) is 6.90. The van der Waals surface area contributed by atoms with Gasteiger partial charge in [0.05, 0.1) is 5.56 Å². The fraction of sp³-hybridized carbons (Fsp3) is 0.310. The van der Waals surface area contributed by atoms with Crippen molar-refractivity contribution in [3.8, 4) is 22.3 Å². The van der Waals surface area contributed by atoms with Gasteiger partial charge < -0.3 is 0 Å². The minimum absolute atomic E-state index is 0.0466. The Hall–Kier alpha value is -2.88. The van der Waals surface area contributed by atoms with Gasteiger partial charge >= 0.3 is 0 Å². The van der Waals surface area contributed by atoms with Crippen molar-refractivity contribution >= 4 is 0 Å². The second kappa shape index (κ2) is 10.4. The van der Waals surface area contributed by atoms with Crippen LogP contribution in [0.15, 0.2) is 67.3 Å². The maximum Gasteiger partial charge on any atom is 0.132 e. The number of rotatable bonds is 7. The maximum absolute atomic E-state index is 14.8. The number of hydrogen-bond acceptors (Lipinski definition) is 0. The number of benzene rings is 3. The molecule has 1 saturated carbocycles. The van der Waals surface area contributed by atoms with Crippen LogP contribution in [0.4, 0.5) is 17.6 Å². The maximum atomic E-state index is 14.8. The van der Waals surface area contributed by atoms with Gasteiger partial charge in [-0.2, -0.15) is 0 Å². The van der Waals surface area contributed by atoms with Gasteiger partial charge in [-0.25, -0.2) is 17.6 Å². The Kier molecular flexibility index (Phi) is 7.32. The molecule has 0 saturated heterocycles. The van der Waals surface area contributed by atoms with Crippen LogP contribution < -0.4 is 0 Å². The molecule has 172 valence electrons. The molecule has 1 aliphatic rings. The van der Waals surface area contributed by atoms with Crippen molar-refractivity contribution in [2.75, 3.05) is 0 Å². The summed E-state index contributed by atoms with van der Waals surface area (Å²) in [5.41, 5.74) is 2.38. The van der Waals surface area contributed by atoms with E-state index >= 15 is 0 Å². The van der Waals surface area contributed by atoms with E-state index in [0.717, 1.165) is 30.0 Å². The summed E-state index contributed by atoms with van der Waals surface area (Å²) in [6.45, 7) is 2.57. The van der Waals surface area contributed by atoms with E-state index in [1.807, 2.05) is 18.2 Å². The largest absolute Gasteiger partial charge is 0.246 e. The molecule has 0 N–H and O–H groups in total. The predicted molar refractivity (Wildman–Crippen MR) is 126 cm³/mol. The van der Waals surface area contributed by atoms with Crippen LogP contribution in [0, 0.1) is 23.4 Å². The Morgan fingerprint density at radius 1 is 0.758 bits per heavy atom. The lowest BCUT2D eigenvalue weighted by molar-refractivity contribution is 0.312. The Morgan fingerprint density at radius 2 is 1.36 bits per heavy atom. The first kappa shape index (κ1) is 23.3. The minimum Gasteiger partial charge on any atom is -0.246 e. The second-order valence-corrected chi connectivity index (χ2v) is 8.95. The summed E-state index contributed by atoms with van der Waals surface area (Å²) in [5.74, 6) is -1.24. The summed E-state index contributed by atoms with van der Waals surface area (Å²) in [4.78, 5) is 0. The normalized spacial score (nSPS) is 18.3. The number of allylic oxidation sites excluding steroid dienone is 1. The average molecular weight is 453 g/mol. The number of alkyl halides is 1. The molecule has 0 aromatic heterocycles. The van der Waals surface area contributed by atoms with Gasteiger partial charge in [0.25, 0.3) is 0 Å². The Labute approximate surface area is 193 Å². The zero-order chi connectivity index (χ0) is 23.4. The van der Waals surface area contributed by atoms with Crippen molar-refractivity contribution < 1.29 is 17.6 Å². The van der Waals surface area contributed by atoms with E-state index in [9.17, 15) is 17.6 Å². The van der Waals surface area contributed by atoms with E-state index in [4.69, 9.17) is 0 Å². The Balaban J connectivity index is 1.48. The lowest BCUT2D eigenvalue weighted by Gasteiger charge is -2.28. The van der Waals surface area contributed by atoms with Crippen molar-refractivity contribution in [1.82, 2.24) is 0 Å². The molecule has 1 fully saturated rings. The number of hydrogen-bond donors (Lipinski definition) is 0. The van der Waals surface area contributed by atoms with E-state index in [2.05, 4.69) is 18.7 Å². The van der Waals surface area contributed by atoms with E-state index in [-0.39, 0.29) is 11.1 Å². The van der Waals surface area contributed by atoms with Crippen molar-refractivity contribution in [3.63, 3.8) is 0 Å². The van der Waals surface area contributed by atoms with Crippen LogP contribution >= 0.6 is 0 Å². The highest BCUT2D eigenvalue weighted by atomic mass is 19.1. The first-order chi connectivity index (χ1) is 16.0. The van der Waals surface area contributed by atoms with Gasteiger partial charge in [0, 0.05) is 5.56 Å². The molecule has 0 bridgehead atoms. The molecule has 33 heavy (non-hydrogen) atoms. The van der Waals surface area contributed by atoms with Gasteiger partial charge in [0.15, 0.2) is 0 Å². The van der Waals surface area contributed by atoms with Crippen LogP contribution in [0.1, 0.15) is 55.6 Å². The standard InChI is InChI=1S/C29H28F4/c1-2-3-4-19-5-7-20(8-6-19)21-9-11-22(12-10-21)23-13-14-25(27(31)15-23)24-16-28(32)26(18-30)29(33)17-24/h2,9-17,19-20H,1,3-8,18H2. The van der Waals surface area contributed by atoms with Gasteiger partial charge in [-0.1, -0.05) is 42.5 Å². The molecule has 0 atom stereocenters. The lowest BCUT2D eigenvalue weighted by Crippen LogP contribution is -2.13. The molecule has 0 nitrogen and oxygen atoms in total. The summed E-state index contributed by atoms with van der Waals surface area (Å²) < 4.78 is 55.5. The monoisotopic (exact) mass is 452 g/mol. The van der Waals surface area contributed by atoms with Crippen LogP contribution in [-0.4, -0.2) is 0 Å². The Morgan fingerprint density at radius 3 is 1.94 bits per heavy atom. The molecule has 3 aromatic rings. The quantitative estimate of drug-likeness (QED) is 0.248. The van der Waals surface area contributed by atoms with E-state index in [0.29, 0.717) is 11.5 Å². The highest BCUT2D eigenvalue weighted by molar-refractivity contribution is 5.71. The van der Waals surface area contributed by atoms with E-state index in [1.165, 1.54) is 49.8 Å². The van der Waals surface area contributed by atoms with Gasteiger partial charge in [0.2, 0.25) is 0 Å². The molecule has 0 spiro atoms. The second-order valence-electron chi connectivity index (χ2n) is 8.95. The minimum atomic E-state index is -1.24. The topological polar surface area (TPSA) is 0 Å². The SMILES string of the molecule is C=CCCC1CCC(c2ccc(-c3ccc(-c4cc(F)c(CF)c(F)c4)c(F)c3)cc2)CC1. The van der Waals surface area contributed by atoms with Crippen molar-refractivity contribution in [2.45, 2.75) is 51.1 Å². The summed E-state index contributed by atoms with van der Waals surface area (Å²) in [6, 6.07) is 14.8. The molecule has 0 amide bonds. The molecular formula is C29H28F4. The van der Waals surface area contributed by atoms with Crippen molar-refractivity contribution in [3.05, 3.63) is 95.8 Å². The average Bonchev–Trinajstić information content (AvgIpc) is 2.83. The van der Waals surface area contributed by atoms with Crippen LogP contribution in [0.2, 0.25) is 0 Å².